The van der Waals surface area contributed by atoms with Crippen molar-refractivity contribution in [2.75, 3.05) is 38.6 Å². The number of nitrogens with one attached hydrogen (secondary N) is 1. The van der Waals surface area contributed by atoms with E-state index < -0.39 is 0 Å². The number of aryl methyl sites for hydroxylation is 1. The molecule has 5 nitrogen and oxygen atoms in total. The summed E-state index contributed by atoms with van der Waals surface area (Å²) in [5.74, 6) is 1.00. The van der Waals surface area contributed by atoms with Gasteiger partial charge in [-0.05, 0) is 24.6 Å². The van der Waals surface area contributed by atoms with E-state index in [4.69, 9.17) is 0 Å². The summed E-state index contributed by atoms with van der Waals surface area (Å²) in [5, 5.41) is 3.27. The molecule has 18 heavy (non-hydrogen) atoms. The lowest BCUT2D eigenvalue weighted by Crippen LogP contribution is -2.58. The van der Waals surface area contributed by atoms with E-state index in [0.29, 0.717) is 6.54 Å². The summed E-state index contributed by atoms with van der Waals surface area (Å²) in [4.78, 5) is 20.3. The molecule has 1 atom stereocenters. The molecule has 1 unspecified atom stereocenters. The summed E-state index contributed by atoms with van der Waals surface area (Å²) in [7, 11) is 3.58. The average molecular weight is 248 g/mol. The Hall–Kier alpha value is -1.62. The van der Waals surface area contributed by atoms with Gasteiger partial charge in [-0.25, -0.2) is 4.98 Å². The minimum Gasteiger partial charge on any atom is -0.347 e. The molecule has 2 heterocycles. The Kier molecular flexibility index (Phi) is 3.81. The van der Waals surface area contributed by atoms with Crippen LogP contribution < -0.4 is 10.2 Å². The number of amides is 1. The van der Waals surface area contributed by atoms with Crippen molar-refractivity contribution in [2.45, 2.75) is 13.0 Å². The van der Waals surface area contributed by atoms with Gasteiger partial charge in [0.1, 0.15) is 11.9 Å². The summed E-state index contributed by atoms with van der Waals surface area (Å²) in [6, 6.07) is 3.83. The summed E-state index contributed by atoms with van der Waals surface area (Å²) < 4.78 is 0. The first-order valence-electron chi connectivity index (χ1n) is 6.21. The number of carbonyl (C=O) groups is 1. The number of piperazine rings is 1. The lowest BCUT2D eigenvalue weighted by molar-refractivity contribution is -0.130. The van der Waals surface area contributed by atoms with Crippen molar-refractivity contribution < 1.29 is 4.79 Å². The Morgan fingerprint density at radius 1 is 1.56 bits per heavy atom. The lowest BCUT2D eigenvalue weighted by Gasteiger charge is -2.37. The highest BCUT2D eigenvalue weighted by atomic mass is 16.2. The van der Waals surface area contributed by atoms with Crippen molar-refractivity contribution in [3.63, 3.8) is 0 Å². The van der Waals surface area contributed by atoms with E-state index in [2.05, 4.69) is 15.2 Å². The molecule has 0 bridgehead atoms. The summed E-state index contributed by atoms with van der Waals surface area (Å²) in [6.45, 7) is 4.40. The summed E-state index contributed by atoms with van der Waals surface area (Å²) in [5.41, 5.74) is 1.16. The maximum atomic E-state index is 12.2. The second-order valence-corrected chi connectivity index (χ2v) is 4.84. The first kappa shape index (κ1) is 12.8. The zero-order valence-electron chi connectivity index (χ0n) is 11.2. The molecule has 1 aliphatic rings. The van der Waals surface area contributed by atoms with Gasteiger partial charge < -0.3 is 15.1 Å². The van der Waals surface area contributed by atoms with Crippen LogP contribution in [0, 0.1) is 6.92 Å². The van der Waals surface area contributed by atoms with Crippen LogP contribution in [0.5, 0.6) is 0 Å². The standard InChI is InChI=1S/C13H20N4O/c1-10-4-5-15-12(8-10)17-7-6-14-9-11(17)13(18)16(2)3/h4-5,8,11,14H,6-7,9H2,1-3H3. The Morgan fingerprint density at radius 2 is 2.33 bits per heavy atom. The average Bonchev–Trinajstić information content (AvgIpc) is 2.38. The Morgan fingerprint density at radius 3 is 3.00 bits per heavy atom. The molecule has 0 aliphatic carbocycles. The Labute approximate surface area is 108 Å². The number of aromatic nitrogens is 1. The van der Waals surface area contributed by atoms with Gasteiger partial charge in [0.05, 0.1) is 0 Å². The fraction of sp³-hybridized carbons (Fsp3) is 0.538. The number of nitrogens with zero attached hydrogens (tertiary/aromatic N) is 3. The van der Waals surface area contributed by atoms with Gasteiger partial charge in [0.15, 0.2) is 0 Å². The molecule has 1 aromatic rings. The molecule has 5 heteroatoms. The van der Waals surface area contributed by atoms with Crippen molar-refractivity contribution in [3.8, 4) is 0 Å². The molecule has 0 saturated carbocycles. The Balaban J connectivity index is 2.25. The van der Waals surface area contributed by atoms with E-state index in [1.54, 1.807) is 25.2 Å². The zero-order chi connectivity index (χ0) is 13.1. The normalized spacial score (nSPS) is 19.7. The molecule has 1 fully saturated rings. The van der Waals surface area contributed by atoms with Gasteiger partial charge >= 0.3 is 0 Å². The molecular weight excluding hydrogens is 228 g/mol. The van der Waals surface area contributed by atoms with Crippen LogP contribution in [0.3, 0.4) is 0 Å². The summed E-state index contributed by atoms with van der Waals surface area (Å²) >= 11 is 0. The van der Waals surface area contributed by atoms with Crippen molar-refractivity contribution in [1.82, 2.24) is 15.2 Å². The molecule has 1 saturated heterocycles. The third kappa shape index (κ3) is 2.61. The van der Waals surface area contributed by atoms with Crippen molar-refractivity contribution in [2.24, 2.45) is 0 Å². The van der Waals surface area contributed by atoms with E-state index in [0.717, 1.165) is 24.5 Å². The number of carbonyl (C=O) groups excluding carboxylic acids is 1. The van der Waals surface area contributed by atoms with E-state index >= 15 is 0 Å². The van der Waals surface area contributed by atoms with Crippen molar-refractivity contribution in [1.29, 1.82) is 0 Å². The quantitative estimate of drug-likeness (QED) is 0.815. The van der Waals surface area contributed by atoms with Crippen LogP contribution in [-0.2, 0) is 4.79 Å². The monoisotopic (exact) mass is 248 g/mol. The minimum atomic E-state index is -0.164. The van der Waals surface area contributed by atoms with Crippen LogP contribution in [-0.4, -0.2) is 55.6 Å². The fourth-order valence-corrected chi connectivity index (χ4v) is 2.17. The number of pyridine rings is 1. The van der Waals surface area contributed by atoms with Gasteiger partial charge in [-0.15, -0.1) is 0 Å². The number of likely N-dealkylation sites (N-methyl/N-ethyl adjacent to an activating group) is 1. The topological polar surface area (TPSA) is 48.5 Å². The predicted molar refractivity (Wildman–Crippen MR) is 71.7 cm³/mol. The number of rotatable bonds is 2. The van der Waals surface area contributed by atoms with Gasteiger partial charge in [-0.1, -0.05) is 0 Å². The predicted octanol–water partition coefficient (Wildman–Crippen LogP) is 0.256. The molecule has 2 rings (SSSR count). The van der Waals surface area contributed by atoms with Gasteiger partial charge in [-0.3, -0.25) is 4.79 Å². The van der Waals surface area contributed by atoms with Crippen LogP contribution in [0.25, 0.3) is 0 Å². The van der Waals surface area contributed by atoms with Crippen LogP contribution >= 0.6 is 0 Å². The fourth-order valence-electron chi connectivity index (χ4n) is 2.17. The van der Waals surface area contributed by atoms with Crippen LogP contribution in [0.4, 0.5) is 5.82 Å². The van der Waals surface area contributed by atoms with Crippen molar-refractivity contribution in [3.05, 3.63) is 23.9 Å². The summed E-state index contributed by atoms with van der Waals surface area (Å²) in [6.07, 6.45) is 1.80. The van der Waals surface area contributed by atoms with Gasteiger partial charge in [0.2, 0.25) is 5.91 Å². The third-order valence-electron chi connectivity index (χ3n) is 3.16. The first-order valence-corrected chi connectivity index (χ1v) is 6.21. The van der Waals surface area contributed by atoms with Crippen LogP contribution in [0.15, 0.2) is 18.3 Å². The number of hydrogen-bond acceptors (Lipinski definition) is 4. The minimum absolute atomic E-state index is 0.116. The number of anilines is 1. The molecule has 1 amide bonds. The van der Waals surface area contributed by atoms with E-state index in [1.165, 1.54) is 0 Å². The molecule has 1 aliphatic heterocycles. The first-order chi connectivity index (χ1) is 8.59. The maximum absolute atomic E-state index is 12.2. The SMILES string of the molecule is Cc1ccnc(N2CCNCC2C(=O)N(C)C)c1. The van der Waals surface area contributed by atoms with Crippen LogP contribution in [0.2, 0.25) is 0 Å². The second kappa shape index (κ2) is 5.35. The molecular formula is C13H20N4O. The highest BCUT2D eigenvalue weighted by molar-refractivity contribution is 5.85. The molecule has 0 spiro atoms. The van der Waals surface area contributed by atoms with Gasteiger partial charge in [0, 0.05) is 39.9 Å². The van der Waals surface area contributed by atoms with Gasteiger partial charge in [0.25, 0.3) is 0 Å². The molecule has 1 N–H and O–H groups in total. The van der Waals surface area contributed by atoms with Crippen LogP contribution in [0.1, 0.15) is 5.56 Å². The molecule has 98 valence electrons. The van der Waals surface area contributed by atoms with Gasteiger partial charge in [-0.2, -0.15) is 0 Å². The third-order valence-corrected chi connectivity index (χ3v) is 3.16. The highest BCUT2D eigenvalue weighted by Gasteiger charge is 2.30. The highest BCUT2D eigenvalue weighted by Crippen LogP contribution is 2.17. The number of hydrogen-bond donors (Lipinski definition) is 1. The van der Waals surface area contributed by atoms with E-state index in [-0.39, 0.29) is 11.9 Å². The largest absolute Gasteiger partial charge is 0.347 e. The van der Waals surface area contributed by atoms with E-state index in [1.807, 2.05) is 19.1 Å². The lowest BCUT2D eigenvalue weighted by atomic mass is 10.1. The molecule has 0 aromatic carbocycles. The van der Waals surface area contributed by atoms with Crippen molar-refractivity contribution >= 4 is 11.7 Å². The Bertz CT molecular complexity index is 433. The maximum Gasteiger partial charge on any atom is 0.246 e. The molecule has 0 radical (unpaired) electrons. The smallest absolute Gasteiger partial charge is 0.246 e. The van der Waals surface area contributed by atoms with E-state index in [9.17, 15) is 4.79 Å². The zero-order valence-corrected chi connectivity index (χ0v) is 11.2. The second-order valence-electron chi connectivity index (χ2n) is 4.84. The molecule has 1 aromatic heterocycles.